The molecule has 2 rings (SSSR count). The van der Waals surface area contributed by atoms with Crippen LogP contribution in [0.25, 0.3) is 10.9 Å². The molecule has 0 aliphatic carbocycles. The van der Waals surface area contributed by atoms with Gasteiger partial charge in [-0.05, 0) is 23.6 Å². The molecule has 0 N–H and O–H groups in total. The molecule has 0 bridgehead atoms. The first-order chi connectivity index (χ1) is 7.80. The summed E-state index contributed by atoms with van der Waals surface area (Å²) in [5, 5.41) is 1.13. The molecule has 0 saturated heterocycles. The number of sulfone groups is 1. The fourth-order valence-corrected chi connectivity index (χ4v) is 2.73. The van der Waals surface area contributed by atoms with Crippen LogP contribution in [0, 0.1) is 0 Å². The molecule has 0 unspecified atom stereocenters. The quantitative estimate of drug-likeness (QED) is 0.823. The second kappa shape index (κ2) is 3.88. The molecule has 1 aromatic heterocycles. The smallest absolute Gasteiger partial charge is 0.175 e. The van der Waals surface area contributed by atoms with Crippen LogP contribution in [0.3, 0.4) is 0 Å². The first-order valence-corrected chi connectivity index (χ1v) is 7.49. The average molecular weight is 251 g/mol. The number of rotatable bonds is 2. The van der Waals surface area contributed by atoms with Gasteiger partial charge in [0.1, 0.15) is 0 Å². The van der Waals surface area contributed by atoms with E-state index >= 15 is 0 Å². The second-order valence-electron chi connectivity index (χ2n) is 4.80. The highest BCUT2D eigenvalue weighted by atomic mass is 32.2. The van der Waals surface area contributed by atoms with E-state index in [0.717, 1.165) is 10.9 Å². The van der Waals surface area contributed by atoms with Crippen LogP contribution in [0.5, 0.6) is 0 Å². The van der Waals surface area contributed by atoms with E-state index in [0.29, 0.717) is 10.8 Å². The molecule has 0 aliphatic rings. The molecule has 3 nitrogen and oxygen atoms in total. The van der Waals surface area contributed by atoms with Crippen LogP contribution in [-0.2, 0) is 16.9 Å². The van der Waals surface area contributed by atoms with Gasteiger partial charge < -0.3 is 4.57 Å². The van der Waals surface area contributed by atoms with Crippen molar-refractivity contribution in [3.05, 3.63) is 30.0 Å². The number of hydrogen-bond acceptors (Lipinski definition) is 2. The summed E-state index contributed by atoms with van der Waals surface area (Å²) >= 11 is 0. The van der Waals surface area contributed by atoms with Gasteiger partial charge in [-0.1, -0.05) is 19.9 Å². The predicted octanol–water partition coefficient (Wildman–Crippen LogP) is 2.71. The Balaban J connectivity index is 2.76. The minimum Gasteiger partial charge on any atom is -0.350 e. The third-order valence-corrected chi connectivity index (χ3v) is 4.15. The van der Waals surface area contributed by atoms with Crippen LogP contribution in [0.1, 0.15) is 25.3 Å². The van der Waals surface area contributed by atoms with Gasteiger partial charge in [0.05, 0.1) is 4.90 Å². The van der Waals surface area contributed by atoms with Crippen molar-refractivity contribution in [1.82, 2.24) is 4.57 Å². The second-order valence-corrected chi connectivity index (χ2v) is 6.82. The molecule has 0 radical (unpaired) electrons. The van der Waals surface area contributed by atoms with Crippen molar-refractivity contribution in [2.24, 2.45) is 7.05 Å². The van der Waals surface area contributed by atoms with Crippen molar-refractivity contribution < 1.29 is 8.42 Å². The van der Waals surface area contributed by atoms with Crippen molar-refractivity contribution in [2.75, 3.05) is 6.26 Å². The van der Waals surface area contributed by atoms with Crippen LogP contribution in [0.2, 0.25) is 0 Å². The fraction of sp³-hybridized carbons (Fsp3) is 0.385. The third-order valence-electron chi connectivity index (χ3n) is 3.04. The number of fused-ring (bicyclic) bond motifs is 1. The minimum absolute atomic E-state index is 0.376. The first kappa shape index (κ1) is 12.2. The Bertz CT molecular complexity index is 666. The average Bonchev–Trinajstić information content (AvgIpc) is 2.55. The number of aromatic nitrogens is 1. The zero-order chi connectivity index (χ0) is 12.8. The van der Waals surface area contributed by atoms with Crippen molar-refractivity contribution in [1.29, 1.82) is 0 Å². The summed E-state index contributed by atoms with van der Waals surface area (Å²) in [7, 11) is -1.19. The van der Waals surface area contributed by atoms with Crippen molar-refractivity contribution in [3.63, 3.8) is 0 Å². The highest BCUT2D eigenvalue weighted by Crippen LogP contribution is 2.28. The van der Waals surface area contributed by atoms with Gasteiger partial charge in [-0.2, -0.15) is 0 Å². The molecule has 0 aliphatic heterocycles. The minimum atomic E-state index is -3.14. The van der Waals surface area contributed by atoms with Crippen LogP contribution in [0.15, 0.2) is 29.3 Å². The zero-order valence-corrected chi connectivity index (χ0v) is 11.4. The van der Waals surface area contributed by atoms with E-state index in [-0.39, 0.29) is 0 Å². The van der Waals surface area contributed by atoms with Gasteiger partial charge in [-0.15, -0.1) is 0 Å². The lowest BCUT2D eigenvalue weighted by atomic mass is 10.0. The van der Waals surface area contributed by atoms with E-state index in [1.54, 1.807) is 12.1 Å². The number of hydrogen-bond donors (Lipinski definition) is 0. The number of aryl methyl sites for hydroxylation is 1. The Morgan fingerprint density at radius 1 is 1.24 bits per heavy atom. The third kappa shape index (κ3) is 2.09. The summed E-state index contributed by atoms with van der Waals surface area (Å²) in [5.41, 5.74) is 2.22. The predicted molar refractivity (Wildman–Crippen MR) is 70.1 cm³/mol. The van der Waals surface area contributed by atoms with Gasteiger partial charge >= 0.3 is 0 Å². The largest absolute Gasteiger partial charge is 0.350 e. The lowest BCUT2D eigenvalue weighted by Gasteiger charge is -2.03. The van der Waals surface area contributed by atoms with Crippen molar-refractivity contribution >= 4 is 20.7 Å². The van der Waals surface area contributed by atoms with Gasteiger partial charge in [-0.3, -0.25) is 0 Å². The Kier molecular flexibility index (Phi) is 2.78. The molecule has 0 spiro atoms. The highest BCUT2D eigenvalue weighted by molar-refractivity contribution is 7.90. The molecule has 1 aromatic carbocycles. The molecule has 2 aromatic rings. The van der Waals surface area contributed by atoms with Gasteiger partial charge in [0.15, 0.2) is 9.84 Å². The van der Waals surface area contributed by atoms with Crippen LogP contribution in [-0.4, -0.2) is 19.2 Å². The Morgan fingerprint density at radius 2 is 1.88 bits per heavy atom. The standard InChI is InChI=1S/C13H17NO2S/c1-9(2)12-8-14(3)13-7-10(17(4,15)16)5-6-11(12)13/h5-9H,1-4H3. The Morgan fingerprint density at radius 3 is 2.41 bits per heavy atom. The molecule has 0 fully saturated rings. The van der Waals surface area contributed by atoms with E-state index in [2.05, 4.69) is 20.0 Å². The van der Waals surface area contributed by atoms with Crippen LogP contribution < -0.4 is 0 Å². The van der Waals surface area contributed by atoms with Gasteiger partial charge in [0.2, 0.25) is 0 Å². The van der Waals surface area contributed by atoms with Gasteiger partial charge in [-0.25, -0.2) is 8.42 Å². The first-order valence-electron chi connectivity index (χ1n) is 5.59. The van der Waals surface area contributed by atoms with E-state index in [1.807, 2.05) is 17.7 Å². The number of nitrogens with zero attached hydrogens (tertiary/aromatic N) is 1. The molecule has 4 heteroatoms. The molecule has 0 saturated carbocycles. The monoisotopic (exact) mass is 251 g/mol. The van der Waals surface area contributed by atoms with Crippen molar-refractivity contribution in [2.45, 2.75) is 24.7 Å². The summed E-state index contributed by atoms with van der Waals surface area (Å²) in [6.45, 7) is 4.28. The SMILES string of the molecule is CC(C)c1cn(C)c2cc(S(C)(=O)=O)ccc12. The zero-order valence-electron chi connectivity index (χ0n) is 10.6. The molecule has 0 amide bonds. The Labute approximate surface area is 102 Å². The lowest BCUT2D eigenvalue weighted by molar-refractivity contribution is 0.602. The lowest BCUT2D eigenvalue weighted by Crippen LogP contribution is -1.97. The maximum atomic E-state index is 11.5. The van der Waals surface area contributed by atoms with E-state index in [1.165, 1.54) is 11.8 Å². The molecule has 92 valence electrons. The topological polar surface area (TPSA) is 39.1 Å². The molecule has 0 atom stereocenters. The summed E-state index contributed by atoms with van der Waals surface area (Å²) in [5.74, 6) is 0.433. The summed E-state index contributed by atoms with van der Waals surface area (Å²) in [4.78, 5) is 0.376. The Hall–Kier alpha value is -1.29. The molecular weight excluding hydrogens is 234 g/mol. The molecule has 1 heterocycles. The fourth-order valence-electron chi connectivity index (χ4n) is 2.09. The van der Waals surface area contributed by atoms with E-state index in [4.69, 9.17) is 0 Å². The number of benzene rings is 1. The van der Waals surface area contributed by atoms with Crippen LogP contribution in [0.4, 0.5) is 0 Å². The van der Waals surface area contributed by atoms with Gasteiger partial charge in [0, 0.05) is 30.4 Å². The maximum Gasteiger partial charge on any atom is 0.175 e. The van der Waals surface area contributed by atoms with E-state index < -0.39 is 9.84 Å². The maximum absolute atomic E-state index is 11.5. The summed E-state index contributed by atoms with van der Waals surface area (Å²) in [6.07, 6.45) is 3.31. The van der Waals surface area contributed by atoms with Crippen LogP contribution >= 0.6 is 0 Å². The normalized spacial score (nSPS) is 12.5. The molecule has 17 heavy (non-hydrogen) atoms. The van der Waals surface area contributed by atoms with E-state index in [9.17, 15) is 8.42 Å². The molecular formula is C13H17NO2S. The van der Waals surface area contributed by atoms with Crippen molar-refractivity contribution in [3.8, 4) is 0 Å². The highest BCUT2D eigenvalue weighted by Gasteiger charge is 2.13. The van der Waals surface area contributed by atoms with Gasteiger partial charge in [0.25, 0.3) is 0 Å². The summed E-state index contributed by atoms with van der Waals surface area (Å²) < 4.78 is 25.0. The summed E-state index contributed by atoms with van der Waals surface area (Å²) in [6, 6.07) is 5.33.